The van der Waals surface area contributed by atoms with Gasteiger partial charge in [-0.1, -0.05) is 34.6 Å². The second kappa shape index (κ2) is 7.79. The average Bonchev–Trinajstić information content (AvgIpc) is 3.03. The quantitative estimate of drug-likeness (QED) is 0.505. The molecule has 0 aliphatic heterocycles. The van der Waals surface area contributed by atoms with Crippen LogP contribution in [0.15, 0.2) is 0 Å². The Bertz CT molecular complexity index is 651. The van der Waals surface area contributed by atoms with E-state index in [1.807, 2.05) is 13.8 Å². The molecule has 0 amide bonds. The number of ketones is 2. The maximum Gasteiger partial charge on any atom is 0.135 e. The molecule has 2 heteroatoms. The van der Waals surface area contributed by atoms with Gasteiger partial charge in [0.25, 0.3) is 0 Å². The van der Waals surface area contributed by atoms with Crippen LogP contribution in [0, 0.1) is 52.3 Å². The molecule has 4 rings (SSSR count). The fraction of sp³-hybridized carbons (Fsp3) is 0.926. The average molecular weight is 401 g/mol. The van der Waals surface area contributed by atoms with Crippen LogP contribution in [0.5, 0.6) is 0 Å². The number of hydrogen-bond donors (Lipinski definition) is 0. The predicted molar refractivity (Wildman–Crippen MR) is 118 cm³/mol. The molecular weight excluding hydrogens is 356 g/mol. The fourth-order valence-corrected chi connectivity index (χ4v) is 8.88. The first-order chi connectivity index (χ1) is 13.7. The first-order valence-corrected chi connectivity index (χ1v) is 12.7. The zero-order chi connectivity index (χ0) is 21.0. The van der Waals surface area contributed by atoms with E-state index >= 15 is 0 Å². The standard InChI is InChI=1S/C27H44O2/c1-17(2)25(29)11-6-18(3)22-9-10-23-21-8-7-19-16-20(28)12-14-26(19,4)24(21)13-15-27(22,23)5/h17-19,21-24H,6-16H2,1-5H3/t18-,19-,21+,22-,23+,24+,26+,27-/m1/s1. The van der Waals surface area contributed by atoms with Gasteiger partial charge in [0.05, 0.1) is 0 Å². The maximum absolute atomic E-state index is 12.2. The Labute approximate surface area is 179 Å². The van der Waals surface area contributed by atoms with Crippen molar-refractivity contribution in [3.05, 3.63) is 0 Å². The van der Waals surface area contributed by atoms with Gasteiger partial charge in [0.2, 0.25) is 0 Å². The van der Waals surface area contributed by atoms with E-state index in [0.717, 1.165) is 55.8 Å². The number of rotatable bonds is 5. The van der Waals surface area contributed by atoms with Crippen molar-refractivity contribution >= 4 is 11.6 Å². The number of carbonyl (C=O) groups excluding carboxylic acids is 2. The molecule has 8 atom stereocenters. The third-order valence-electron chi connectivity index (χ3n) is 10.7. The molecule has 4 aliphatic rings. The Hall–Kier alpha value is -0.660. The molecular formula is C27H44O2. The summed E-state index contributed by atoms with van der Waals surface area (Å²) < 4.78 is 0. The predicted octanol–water partition coefficient (Wildman–Crippen LogP) is 6.86. The minimum Gasteiger partial charge on any atom is -0.300 e. The molecule has 4 saturated carbocycles. The van der Waals surface area contributed by atoms with E-state index < -0.39 is 0 Å². The third kappa shape index (κ3) is 3.55. The highest BCUT2D eigenvalue weighted by Crippen LogP contribution is 2.68. The maximum atomic E-state index is 12.2. The van der Waals surface area contributed by atoms with Crippen molar-refractivity contribution in [2.45, 2.75) is 105 Å². The van der Waals surface area contributed by atoms with Crippen LogP contribution >= 0.6 is 0 Å². The zero-order valence-electron chi connectivity index (χ0n) is 19.6. The second-order valence-corrected chi connectivity index (χ2v) is 12.3. The van der Waals surface area contributed by atoms with Crippen LogP contribution in [0.2, 0.25) is 0 Å². The van der Waals surface area contributed by atoms with Gasteiger partial charge in [0, 0.05) is 25.2 Å². The van der Waals surface area contributed by atoms with Gasteiger partial charge in [0.1, 0.15) is 11.6 Å². The molecule has 0 spiro atoms. The molecule has 0 aromatic heterocycles. The van der Waals surface area contributed by atoms with Crippen molar-refractivity contribution in [1.82, 2.24) is 0 Å². The van der Waals surface area contributed by atoms with Crippen LogP contribution in [0.25, 0.3) is 0 Å². The highest BCUT2D eigenvalue weighted by molar-refractivity contribution is 5.80. The lowest BCUT2D eigenvalue weighted by Crippen LogP contribution is -2.53. The lowest BCUT2D eigenvalue weighted by molar-refractivity contribution is -0.140. The van der Waals surface area contributed by atoms with E-state index in [4.69, 9.17) is 0 Å². The molecule has 164 valence electrons. The summed E-state index contributed by atoms with van der Waals surface area (Å²) in [5.41, 5.74) is 0.903. The zero-order valence-corrected chi connectivity index (χ0v) is 19.6. The lowest BCUT2D eigenvalue weighted by Gasteiger charge is -2.60. The summed E-state index contributed by atoms with van der Waals surface area (Å²) in [7, 11) is 0. The number of Topliss-reactive ketones (excluding diaryl/α,β-unsaturated/α-hetero) is 2. The number of hydrogen-bond acceptors (Lipinski definition) is 2. The van der Waals surface area contributed by atoms with Crippen molar-refractivity contribution in [3.8, 4) is 0 Å². The highest BCUT2D eigenvalue weighted by Gasteiger charge is 2.60. The molecule has 0 saturated heterocycles. The van der Waals surface area contributed by atoms with E-state index in [2.05, 4.69) is 20.8 Å². The summed E-state index contributed by atoms with van der Waals surface area (Å²) in [5, 5.41) is 0. The summed E-state index contributed by atoms with van der Waals surface area (Å²) in [5.74, 6) is 5.90. The summed E-state index contributed by atoms with van der Waals surface area (Å²) in [6, 6.07) is 0. The largest absolute Gasteiger partial charge is 0.300 e. The van der Waals surface area contributed by atoms with Crippen LogP contribution in [0.1, 0.15) is 105 Å². The molecule has 4 aliphatic carbocycles. The third-order valence-corrected chi connectivity index (χ3v) is 10.7. The first kappa shape index (κ1) is 21.6. The summed E-state index contributed by atoms with van der Waals surface area (Å²) in [6.07, 6.45) is 12.9. The summed E-state index contributed by atoms with van der Waals surface area (Å²) in [4.78, 5) is 24.3. The summed E-state index contributed by atoms with van der Waals surface area (Å²) in [6.45, 7) is 11.7. The Morgan fingerprint density at radius 1 is 0.966 bits per heavy atom. The minimum absolute atomic E-state index is 0.183. The Morgan fingerprint density at radius 3 is 2.41 bits per heavy atom. The van der Waals surface area contributed by atoms with E-state index in [1.165, 1.54) is 38.5 Å². The Morgan fingerprint density at radius 2 is 1.69 bits per heavy atom. The van der Waals surface area contributed by atoms with Crippen molar-refractivity contribution in [2.24, 2.45) is 52.3 Å². The van der Waals surface area contributed by atoms with Crippen molar-refractivity contribution in [2.75, 3.05) is 0 Å². The molecule has 0 N–H and O–H groups in total. The van der Waals surface area contributed by atoms with Gasteiger partial charge in [-0.05, 0) is 97.7 Å². The first-order valence-electron chi connectivity index (χ1n) is 12.7. The van der Waals surface area contributed by atoms with Gasteiger partial charge in [0.15, 0.2) is 0 Å². The Kier molecular flexibility index (Phi) is 5.79. The van der Waals surface area contributed by atoms with Gasteiger partial charge in [-0.15, -0.1) is 0 Å². The van der Waals surface area contributed by atoms with Crippen LogP contribution in [0.4, 0.5) is 0 Å². The molecule has 0 aromatic rings. The monoisotopic (exact) mass is 400 g/mol. The van der Waals surface area contributed by atoms with Gasteiger partial charge in [-0.25, -0.2) is 0 Å². The van der Waals surface area contributed by atoms with Crippen molar-refractivity contribution in [3.63, 3.8) is 0 Å². The van der Waals surface area contributed by atoms with E-state index in [0.29, 0.717) is 34.2 Å². The topological polar surface area (TPSA) is 34.1 Å². The van der Waals surface area contributed by atoms with Crippen LogP contribution < -0.4 is 0 Å². The summed E-state index contributed by atoms with van der Waals surface area (Å²) >= 11 is 0. The molecule has 0 radical (unpaired) electrons. The van der Waals surface area contributed by atoms with Crippen molar-refractivity contribution in [1.29, 1.82) is 0 Å². The molecule has 4 fully saturated rings. The van der Waals surface area contributed by atoms with Crippen LogP contribution in [0.3, 0.4) is 0 Å². The molecule has 0 unspecified atom stereocenters. The smallest absolute Gasteiger partial charge is 0.135 e. The van der Waals surface area contributed by atoms with Gasteiger partial charge in [-0.3, -0.25) is 9.59 Å². The lowest BCUT2D eigenvalue weighted by atomic mass is 9.44. The fourth-order valence-electron chi connectivity index (χ4n) is 8.88. The van der Waals surface area contributed by atoms with E-state index in [1.54, 1.807) is 0 Å². The van der Waals surface area contributed by atoms with Crippen LogP contribution in [-0.4, -0.2) is 11.6 Å². The van der Waals surface area contributed by atoms with Crippen LogP contribution in [-0.2, 0) is 9.59 Å². The van der Waals surface area contributed by atoms with Crippen molar-refractivity contribution < 1.29 is 9.59 Å². The molecule has 2 nitrogen and oxygen atoms in total. The highest BCUT2D eigenvalue weighted by atomic mass is 16.1. The van der Waals surface area contributed by atoms with E-state index in [9.17, 15) is 9.59 Å². The molecule has 29 heavy (non-hydrogen) atoms. The molecule has 0 aromatic carbocycles. The normalized spacial score (nSPS) is 45.4. The number of fused-ring (bicyclic) bond motifs is 5. The molecule has 0 heterocycles. The number of carbonyl (C=O) groups is 2. The van der Waals surface area contributed by atoms with Gasteiger partial charge in [-0.2, -0.15) is 0 Å². The SMILES string of the molecule is CC(C)C(=O)CC[C@@H](C)[C@H]1CC[C@H]2[C@@H]3CC[C@@H]4CC(=O)CC[C@]4(C)[C@H]3CC[C@]12C. The van der Waals surface area contributed by atoms with Gasteiger partial charge < -0.3 is 0 Å². The second-order valence-electron chi connectivity index (χ2n) is 12.3. The van der Waals surface area contributed by atoms with E-state index in [-0.39, 0.29) is 5.92 Å². The minimum atomic E-state index is 0.183. The molecule has 0 bridgehead atoms. The Balaban J connectivity index is 1.47. The van der Waals surface area contributed by atoms with Gasteiger partial charge >= 0.3 is 0 Å².